The molecule has 76 valence electrons. The molecule has 4 heteroatoms. The minimum atomic E-state index is -1.12. The molecule has 0 amide bonds. The van der Waals surface area contributed by atoms with Crippen LogP contribution in [0, 0.1) is 23.2 Å². The molecular formula is C10H12O4. The molecule has 0 spiro atoms. The molecule has 2 bridgehead atoms. The van der Waals surface area contributed by atoms with E-state index in [1.54, 1.807) is 6.92 Å². The van der Waals surface area contributed by atoms with E-state index in [4.69, 9.17) is 10.2 Å². The van der Waals surface area contributed by atoms with E-state index in [2.05, 4.69) is 0 Å². The second-order valence-electron chi connectivity index (χ2n) is 4.29. The number of hydrogen-bond donors (Lipinski definition) is 2. The Labute approximate surface area is 81.2 Å². The lowest BCUT2D eigenvalue weighted by Gasteiger charge is -2.31. The second kappa shape index (κ2) is 2.59. The number of rotatable bonds is 2. The SMILES string of the molecule is C[C@@]1(C(=O)O)[C@H]2C=C[C@@H](C2)[C@@H]1C(=O)O. The predicted octanol–water partition coefficient (Wildman–Crippen LogP) is 0.984. The maximum atomic E-state index is 11.1. The Bertz CT molecular complexity index is 333. The highest BCUT2D eigenvalue weighted by molar-refractivity contribution is 5.85. The molecule has 0 aromatic rings. The molecule has 4 atom stereocenters. The summed E-state index contributed by atoms with van der Waals surface area (Å²) in [6.07, 6.45) is 4.35. The van der Waals surface area contributed by atoms with Gasteiger partial charge in [0, 0.05) is 0 Å². The Morgan fingerprint density at radius 1 is 1.36 bits per heavy atom. The highest BCUT2D eigenvalue weighted by Crippen LogP contribution is 2.56. The molecule has 0 radical (unpaired) electrons. The number of hydrogen-bond acceptors (Lipinski definition) is 2. The van der Waals surface area contributed by atoms with Gasteiger partial charge in [-0.1, -0.05) is 12.2 Å². The highest BCUT2D eigenvalue weighted by Gasteiger charge is 2.60. The summed E-state index contributed by atoms with van der Waals surface area (Å²) in [6, 6.07) is 0. The largest absolute Gasteiger partial charge is 0.481 e. The molecule has 4 nitrogen and oxygen atoms in total. The fourth-order valence-corrected chi connectivity index (χ4v) is 2.83. The van der Waals surface area contributed by atoms with Gasteiger partial charge in [-0.3, -0.25) is 9.59 Å². The molecule has 0 aliphatic heterocycles. The van der Waals surface area contributed by atoms with Crippen LogP contribution in [0.3, 0.4) is 0 Å². The van der Waals surface area contributed by atoms with Gasteiger partial charge in [-0.05, 0) is 25.2 Å². The molecule has 1 saturated carbocycles. The number of fused-ring (bicyclic) bond motifs is 2. The molecule has 2 aliphatic rings. The van der Waals surface area contributed by atoms with Crippen LogP contribution in [0.15, 0.2) is 12.2 Å². The lowest BCUT2D eigenvalue weighted by atomic mass is 9.70. The maximum Gasteiger partial charge on any atom is 0.310 e. The van der Waals surface area contributed by atoms with E-state index in [-0.39, 0.29) is 11.8 Å². The van der Waals surface area contributed by atoms with Gasteiger partial charge >= 0.3 is 11.9 Å². The molecule has 1 fully saturated rings. The van der Waals surface area contributed by atoms with Gasteiger partial charge < -0.3 is 10.2 Å². The minimum Gasteiger partial charge on any atom is -0.481 e. The Hall–Kier alpha value is -1.32. The van der Waals surface area contributed by atoms with E-state index >= 15 is 0 Å². The third-order valence-corrected chi connectivity index (χ3v) is 3.69. The molecule has 2 N–H and O–H groups in total. The molecule has 14 heavy (non-hydrogen) atoms. The summed E-state index contributed by atoms with van der Waals surface area (Å²) in [5, 5.41) is 18.1. The number of aliphatic carboxylic acids is 2. The summed E-state index contributed by atoms with van der Waals surface area (Å²) >= 11 is 0. The Morgan fingerprint density at radius 3 is 2.43 bits per heavy atom. The van der Waals surface area contributed by atoms with Gasteiger partial charge in [-0.25, -0.2) is 0 Å². The van der Waals surface area contributed by atoms with Crippen LogP contribution < -0.4 is 0 Å². The normalized spacial score (nSPS) is 44.2. The van der Waals surface area contributed by atoms with Gasteiger partial charge in [0.25, 0.3) is 0 Å². The topological polar surface area (TPSA) is 74.6 Å². The molecule has 2 aliphatic carbocycles. The van der Waals surface area contributed by atoms with E-state index in [1.807, 2.05) is 12.2 Å². The Morgan fingerprint density at radius 2 is 2.00 bits per heavy atom. The van der Waals surface area contributed by atoms with Crippen molar-refractivity contribution in [1.82, 2.24) is 0 Å². The zero-order chi connectivity index (χ0) is 10.5. The van der Waals surface area contributed by atoms with Gasteiger partial charge in [0.1, 0.15) is 0 Å². The van der Waals surface area contributed by atoms with Gasteiger partial charge in [0.05, 0.1) is 11.3 Å². The van der Waals surface area contributed by atoms with Crippen LogP contribution in [-0.2, 0) is 9.59 Å². The van der Waals surface area contributed by atoms with Gasteiger partial charge in [-0.2, -0.15) is 0 Å². The fraction of sp³-hybridized carbons (Fsp3) is 0.600. The van der Waals surface area contributed by atoms with Gasteiger partial charge in [0.2, 0.25) is 0 Å². The quantitative estimate of drug-likeness (QED) is 0.646. The van der Waals surface area contributed by atoms with Crippen molar-refractivity contribution in [2.75, 3.05) is 0 Å². The molecule has 0 unspecified atom stereocenters. The minimum absolute atomic E-state index is 0.0985. The average molecular weight is 196 g/mol. The molecule has 0 aromatic heterocycles. The van der Waals surface area contributed by atoms with Crippen molar-refractivity contribution < 1.29 is 19.8 Å². The van der Waals surface area contributed by atoms with Crippen molar-refractivity contribution in [3.63, 3.8) is 0 Å². The summed E-state index contributed by atoms with van der Waals surface area (Å²) in [5.41, 5.74) is -1.12. The van der Waals surface area contributed by atoms with Gasteiger partial charge in [-0.15, -0.1) is 0 Å². The monoisotopic (exact) mass is 196 g/mol. The number of carboxylic acids is 2. The number of carboxylic acid groups (broad SMARTS) is 2. The van der Waals surface area contributed by atoms with Crippen LogP contribution in [0.4, 0.5) is 0 Å². The summed E-state index contributed by atoms with van der Waals surface area (Å²) in [6.45, 7) is 1.54. The number of carbonyl (C=O) groups is 2. The van der Waals surface area contributed by atoms with Crippen LogP contribution in [-0.4, -0.2) is 22.2 Å². The first kappa shape index (κ1) is 9.24. The Kier molecular flexibility index (Phi) is 1.71. The zero-order valence-electron chi connectivity index (χ0n) is 7.80. The third-order valence-electron chi connectivity index (χ3n) is 3.69. The Balaban J connectivity index is 2.45. The summed E-state index contributed by atoms with van der Waals surface area (Å²) in [7, 11) is 0. The van der Waals surface area contributed by atoms with Crippen molar-refractivity contribution in [1.29, 1.82) is 0 Å². The average Bonchev–Trinajstić information content (AvgIpc) is 2.61. The van der Waals surface area contributed by atoms with E-state index < -0.39 is 23.3 Å². The fourth-order valence-electron chi connectivity index (χ4n) is 2.83. The van der Waals surface area contributed by atoms with Crippen LogP contribution in [0.25, 0.3) is 0 Å². The summed E-state index contributed by atoms with van der Waals surface area (Å²) < 4.78 is 0. The first-order valence-electron chi connectivity index (χ1n) is 4.62. The van der Waals surface area contributed by atoms with Crippen LogP contribution >= 0.6 is 0 Å². The second-order valence-corrected chi connectivity index (χ2v) is 4.29. The molecule has 2 rings (SSSR count). The standard InChI is InChI=1S/C10H12O4/c1-10(9(13)14)6-3-2-5(4-6)7(10)8(11)12/h2-3,5-7H,4H2,1H3,(H,11,12)(H,13,14)/t5-,6-,7+,10+/m0/s1. The third kappa shape index (κ3) is 0.882. The van der Waals surface area contributed by atoms with E-state index in [0.29, 0.717) is 6.42 Å². The van der Waals surface area contributed by atoms with Crippen molar-refractivity contribution in [2.45, 2.75) is 13.3 Å². The van der Waals surface area contributed by atoms with E-state index in [1.165, 1.54) is 0 Å². The summed E-state index contributed by atoms with van der Waals surface area (Å²) in [4.78, 5) is 22.1. The lowest BCUT2D eigenvalue weighted by molar-refractivity contribution is -0.162. The van der Waals surface area contributed by atoms with Crippen molar-refractivity contribution in [2.24, 2.45) is 23.2 Å². The molecule has 0 heterocycles. The number of allylic oxidation sites excluding steroid dienone is 2. The van der Waals surface area contributed by atoms with Crippen molar-refractivity contribution in [3.8, 4) is 0 Å². The first-order valence-corrected chi connectivity index (χ1v) is 4.62. The highest BCUT2D eigenvalue weighted by atomic mass is 16.4. The molecule has 0 saturated heterocycles. The maximum absolute atomic E-state index is 11.1. The van der Waals surface area contributed by atoms with Crippen LogP contribution in [0.1, 0.15) is 13.3 Å². The van der Waals surface area contributed by atoms with Crippen molar-refractivity contribution in [3.05, 3.63) is 12.2 Å². The predicted molar refractivity (Wildman–Crippen MR) is 47.6 cm³/mol. The van der Waals surface area contributed by atoms with Crippen LogP contribution in [0.2, 0.25) is 0 Å². The molecule has 0 aromatic carbocycles. The van der Waals surface area contributed by atoms with E-state index in [9.17, 15) is 9.59 Å². The zero-order valence-corrected chi connectivity index (χ0v) is 7.80. The summed E-state index contributed by atoms with van der Waals surface area (Å²) in [5.74, 6) is -2.98. The van der Waals surface area contributed by atoms with Crippen LogP contribution in [0.5, 0.6) is 0 Å². The van der Waals surface area contributed by atoms with Crippen molar-refractivity contribution >= 4 is 11.9 Å². The molecular weight excluding hydrogens is 184 g/mol. The lowest BCUT2D eigenvalue weighted by Crippen LogP contribution is -2.43. The van der Waals surface area contributed by atoms with E-state index in [0.717, 1.165) is 0 Å². The first-order chi connectivity index (χ1) is 6.48. The smallest absolute Gasteiger partial charge is 0.310 e. The van der Waals surface area contributed by atoms with Gasteiger partial charge in [0.15, 0.2) is 0 Å².